The Hall–Kier alpha value is -2.42. The smallest absolute Gasteiger partial charge is 0.191 e. The third-order valence-electron chi connectivity index (χ3n) is 5.38. The summed E-state index contributed by atoms with van der Waals surface area (Å²) < 4.78 is 13.7. The molecule has 1 aliphatic heterocycles. The van der Waals surface area contributed by atoms with E-state index in [0.29, 0.717) is 6.61 Å². The fourth-order valence-electron chi connectivity index (χ4n) is 3.81. The quantitative estimate of drug-likeness (QED) is 0.404. The number of rotatable bonds is 11. The Labute approximate surface area is 194 Å². The molecule has 4 rings (SSSR count). The van der Waals surface area contributed by atoms with Gasteiger partial charge in [0.25, 0.3) is 0 Å². The summed E-state index contributed by atoms with van der Waals surface area (Å²) in [6.07, 6.45) is 4.27. The van der Waals surface area contributed by atoms with Crippen LogP contribution in [0.1, 0.15) is 36.8 Å². The molecule has 1 unspecified atom stereocenters. The fraction of sp³-hybridized carbons (Fsp3) is 0.458. The van der Waals surface area contributed by atoms with Gasteiger partial charge < -0.3 is 14.0 Å². The fourth-order valence-corrected chi connectivity index (χ4v) is 4.69. The molecule has 32 heavy (non-hydrogen) atoms. The lowest BCUT2D eigenvalue weighted by molar-refractivity contribution is 0.0934. The van der Waals surface area contributed by atoms with Crippen LogP contribution in [0.5, 0.6) is 5.75 Å². The van der Waals surface area contributed by atoms with Crippen molar-refractivity contribution in [1.82, 2.24) is 24.6 Å². The predicted octanol–water partition coefficient (Wildman–Crippen LogP) is 4.18. The SMILES string of the molecule is CCOc1ccc(CN(C)Cc2nnc(SCc3ccccn3)n2CC2CCCO2)cc1. The lowest BCUT2D eigenvalue weighted by atomic mass is 10.2. The summed E-state index contributed by atoms with van der Waals surface area (Å²) in [4.78, 5) is 6.69. The van der Waals surface area contributed by atoms with Gasteiger partial charge in [-0.3, -0.25) is 9.88 Å². The summed E-state index contributed by atoms with van der Waals surface area (Å²) in [5, 5.41) is 9.99. The van der Waals surface area contributed by atoms with Crippen LogP contribution < -0.4 is 4.74 Å². The average Bonchev–Trinajstić information content (AvgIpc) is 3.45. The van der Waals surface area contributed by atoms with Gasteiger partial charge in [0.1, 0.15) is 11.6 Å². The number of hydrogen-bond acceptors (Lipinski definition) is 7. The van der Waals surface area contributed by atoms with Crippen molar-refractivity contribution in [3.63, 3.8) is 0 Å². The largest absolute Gasteiger partial charge is 0.494 e. The predicted molar refractivity (Wildman–Crippen MR) is 126 cm³/mol. The van der Waals surface area contributed by atoms with Crippen LogP contribution in [0.3, 0.4) is 0 Å². The van der Waals surface area contributed by atoms with Gasteiger partial charge in [0.05, 0.1) is 31.5 Å². The van der Waals surface area contributed by atoms with Crippen LogP contribution in [0.15, 0.2) is 53.8 Å². The molecular weight excluding hydrogens is 422 g/mol. The normalized spacial score (nSPS) is 16.0. The highest BCUT2D eigenvalue weighted by atomic mass is 32.2. The highest BCUT2D eigenvalue weighted by Crippen LogP contribution is 2.24. The van der Waals surface area contributed by atoms with Crippen LogP contribution in [0.4, 0.5) is 0 Å². The first-order chi connectivity index (χ1) is 15.7. The molecule has 3 aromatic rings. The highest BCUT2D eigenvalue weighted by molar-refractivity contribution is 7.98. The van der Waals surface area contributed by atoms with Crippen molar-refractivity contribution >= 4 is 11.8 Å². The second-order valence-corrected chi connectivity index (χ2v) is 8.95. The molecule has 1 aliphatic rings. The van der Waals surface area contributed by atoms with Crippen molar-refractivity contribution in [2.24, 2.45) is 0 Å². The third kappa shape index (κ3) is 6.31. The molecule has 7 nitrogen and oxygen atoms in total. The molecule has 0 radical (unpaired) electrons. The molecule has 1 atom stereocenters. The van der Waals surface area contributed by atoms with Crippen molar-refractivity contribution in [2.45, 2.75) is 56.4 Å². The van der Waals surface area contributed by atoms with Gasteiger partial charge in [0, 0.05) is 25.1 Å². The maximum Gasteiger partial charge on any atom is 0.191 e. The molecule has 0 aliphatic carbocycles. The van der Waals surface area contributed by atoms with E-state index in [2.05, 4.69) is 43.8 Å². The van der Waals surface area contributed by atoms with E-state index in [1.807, 2.05) is 43.5 Å². The van der Waals surface area contributed by atoms with Crippen LogP contribution in [-0.4, -0.2) is 51.0 Å². The highest BCUT2D eigenvalue weighted by Gasteiger charge is 2.22. The first-order valence-corrected chi connectivity index (χ1v) is 12.2. The molecule has 0 saturated carbocycles. The van der Waals surface area contributed by atoms with Crippen molar-refractivity contribution in [3.05, 3.63) is 65.7 Å². The minimum atomic E-state index is 0.232. The summed E-state index contributed by atoms with van der Waals surface area (Å²) >= 11 is 1.68. The molecular formula is C24H31N5O2S. The standard InChI is InChI=1S/C24H31N5O2S/c1-3-30-21-11-9-19(10-12-21)15-28(2)17-23-26-27-24(29(23)16-22-8-6-14-31-22)32-18-20-7-4-5-13-25-20/h4-5,7,9-13,22H,3,6,8,14-18H2,1-2H3. The Balaban J connectivity index is 1.43. The first kappa shape index (κ1) is 22.8. The van der Waals surface area contributed by atoms with E-state index >= 15 is 0 Å². The van der Waals surface area contributed by atoms with Crippen LogP contribution in [0.2, 0.25) is 0 Å². The van der Waals surface area contributed by atoms with E-state index in [4.69, 9.17) is 9.47 Å². The van der Waals surface area contributed by atoms with Gasteiger partial charge in [0.15, 0.2) is 5.16 Å². The van der Waals surface area contributed by atoms with E-state index in [0.717, 1.165) is 67.3 Å². The lowest BCUT2D eigenvalue weighted by Gasteiger charge is -2.19. The monoisotopic (exact) mass is 453 g/mol. The van der Waals surface area contributed by atoms with Crippen molar-refractivity contribution in [1.29, 1.82) is 0 Å². The Morgan fingerprint density at radius 3 is 2.75 bits per heavy atom. The van der Waals surface area contributed by atoms with Gasteiger partial charge in [-0.05, 0) is 56.6 Å². The first-order valence-electron chi connectivity index (χ1n) is 11.2. The van der Waals surface area contributed by atoms with Gasteiger partial charge in [-0.15, -0.1) is 10.2 Å². The number of thioether (sulfide) groups is 1. The number of pyridine rings is 1. The van der Waals surface area contributed by atoms with Crippen LogP contribution in [-0.2, 0) is 30.1 Å². The molecule has 1 fully saturated rings. The van der Waals surface area contributed by atoms with Gasteiger partial charge in [-0.25, -0.2) is 0 Å². The number of nitrogens with zero attached hydrogens (tertiary/aromatic N) is 5. The topological polar surface area (TPSA) is 65.3 Å². The van der Waals surface area contributed by atoms with Crippen molar-refractivity contribution < 1.29 is 9.47 Å². The Bertz CT molecular complexity index is 958. The Morgan fingerprint density at radius 2 is 2.03 bits per heavy atom. The Morgan fingerprint density at radius 1 is 1.16 bits per heavy atom. The lowest BCUT2D eigenvalue weighted by Crippen LogP contribution is -2.23. The van der Waals surface area contributed by atoms with Gasteiger partial charge in [-0.2, -0.15) is 0 Å². The molecule has 3 heterocycles. The van der Waals surface area contributed by atoms with Crippen molar-refractivity contribution in [3.8, 4) is 5.75 Å². The number of aromatic nitrogens is 4. The number of hydrogen-bond donors (Lipinski definition) is 0. The van der Waals surface area contributed by atoms with E-state index in [1.54, 1.807) is 11.8 Å². The van der Waals surface area contributed by atoms with Gasteiger partial charge in [-0.1, -0.05) is 30.0 Å². The maximum absolute atomic E-state index is 5.91. The molecule has 1 aromatic carbocycles. The second-order valence-electron chi connectivity index (χ2n) is 8.00. The Kier molecular flexibility index (Phi) is 8.14. The van der Waals surface area contributed by atoms with E-state index in [-0.39, 0.29) is 6.10 Å². The summed E-state index contributed by atoms with van der Waals surface area (Å²) in [5.74, 6) is 2.65. The molecule has 0 amide bonds. The van der Waals surface area contributed by atoms with Gasteiger partial charge >= 0.3 is 0 Å². The third-order valence-corrected chi connectivity index (χ3v) is 6.38. The summed E-state index contributed by atoms with van der Waals surface area (Å²) in [6, 6.07) is 14.3. The molecule has 2 aromatic heterocycles. The zero-order valence-electron chi connectivity index (χ0n) is 18.8. The molecule has 0 spiro atoms. The van der Waals surface area contributed by atoms with E-state index in [1.165, 1.54) is 5.56 Å². The van der Waals surface area contributed by atoms with Gasteiger partial charge in [0.2, 0.25) is 0 Å². The molecule has 1 saturated heterocycles. The molecule has 8 heteroatoms. The molecule has 0 bridgehead atoms. The van der Waals surface area contributed by atoms with Crippen LogP contribution >= 0.6 is 11.8 Å². The maximum atomic E-state index is 5.91. The number of benzene rings is 1. The summed E-state index contributed by atoms with van der Waals surface area (Å²) in [5.41, 5.74) is 2.28. The minimum Gasteiger partial charge on any atom is -0.494 e. The van der Waals surface area contributed by atoms with Crippen molar-refractivity contribution in [2.75, 3.05) is 20.3 Å². The average molecular weight is 454 g/mol. The summed E-state index contributed by atoms with van der Waals surface area (Å²) in [6.45, 7) is 5.87. The van der Waals surface area contributed by atoms with E-state index in [9.17, 15) is 0 Å². The second kappa shape index (κ2) is 11.4. The minimum absolute atomic E-state index is 0.232. The zero-order chi connectivity index (χ0) is 22.2. The molecule has 0 N–H and O–H groups in total. The summed E-state index contributed by atoms with van der Waals surface area (Å²) in [7, 11) is 2.11. The number of ether oxygens (including phenoxy) is 2. The zero-order valence-corrected chi connectivity index (χ0v) is 19.6. The van der Waals surface area contributed by atoms with E-state index < -0.39 is 0 Å². The molecule has 170 valence electrons. The van der Waals surface area contributed by atoms with Crippen LogP contribution in [0, 0.1) is 0 Å². The van der Waals surface area contributed by atoms with Crippen LogP contribution in [0.25, 0.3) is 0 Å².